The van der Waals surface area contributed by atoms with E-state index in [9.17, 15) is 0 Å². The summed E-state index contributed by atoms with van der Waals surface area (Å²) in [5.74, 6) is 0. The van der Waals surface area contributed by atoms with Crippen LogP contribution in [0, 0.1) is 20.8 Å². The number of fused-ring (bicyclic) bond motifs is 3. The molecule has 1 aliphatic rings. The van der Waals surface area contributed by atoms with Crippen LogP contribution in [-0.2, 0) is 5.41 Å². The van der Waals surface area contributed by atoms with Gasteiger partial charge in [-0.25, -0.2) is 0 Å². The molecule has 0 saturated heterocycles. The smallest absolute Gasteiger partial charge is 0.0468 e. The molecule has 0 heterocycles. The summed E-state index contributed by atoms with van der Waals surface area (Å²) in [4.78, 5) is 4.71. The Morgan fingerprint density at radius 3 is 1.32 bits per heavy atom. The molecule has 0 amide bonds. The molecular weight excluding hydrogens is 605 g/mol. The fourth-order valence-corrected chi connectivity index (χ4v) is 7.58. The normalized spacial score (nSPS) is 12.7. The van der Waals surface area contributed by atoms with Crippen LogP contribution in [0.25, 0.3) is 22.3 Å². The molecule has 7 aromatic rings. The Balaban J connectivity index is 1.14. The highest BCUT2D eigenvalue weighted by Gasteiger charge is 2.35. The number of benzene rings is 7. The van der Waals surface area contributed by atoms with Gasteiger partial charge in [-0.15, -0.1) is 0 Å². The van der Waals surface area contributed by atoms with Crippen molar-refractivity contribution in [2.75, 3.05) is 9.80 Å². The molecule has 244 valence electrons. The van der Waals surface area contributed by atoms with Crippen LogP contribution in [-0.4, -0.2) is 0 Å². The lowest BCUT2D eigenvalue weighted by Gasteiger charge is -2.27. The second-order valence-corrected chi connectivity index (χ2v) is 14.2. The number of hydrogen-bond donors (Lipinski definition) is 0. The van der Waals surface area contributed by atoms with Crippen LogP contribution in [0.5, 0.6) is 0 Å². The van der Waals surface area contributed by atoms with E-state index in [1.807, 2.05) is 0 Å². The SMILES string of the molecule is Cc1ccc(N(c2ccc(-c3ccc(N(c4cccc(C)c4)c4cccc(C)c4)cc3)cc2)c2ccc3c(c2)-c2ccccc2C3(C)C)cc1. The quantitative estimate of drug-likeness (QED) is 0.170. The maximum Gasteiger partial charge on any atom is 0.0468 e. The van der Waals surface area contributed by atoms with E-state index in [0.717, 1.165) is 34.1 Å². The van der Waals surface area contributed by atoms with Gasteiger partial charge in [0.25, 0.3) is 0 Å². The van der Waals surface area contributed by atoms with Crippen LogP contribution in [0.4, 0.5) is 34.1 Å². The van der Waals surface area contributed by atoms with Crippen LogP contribution >= 0.6 is 0 Å². The highest BCUT2D eigenvalue weighted by molar-refractivity contribution is 5.87. The van der Waals surface area contributed by atoms with E-state index in [1.165, 1.54) is 50.1 Å². The van der Waals surface area contributed by atoms with Gasteiger partial charge in [0, 0.05) is 39.5 Å². The molecule has 0 bridgehead atoms. The fraction of sp³-hybridized carbons (Fsp3) is 0.125. The molecule has 0 atom stereocenters. The summed E-state index contributed by atoms with van der Waals surface area (Å²) in [6, 6.07) is 60.0. The average molecular weight is 647 g/mol. The van der Waals surface area contributed by atoms with E-state index in [4.69, 9.17) is 0 Å². The van der Waals surface area contributed by atoms with Crippen molar-refractivity contribution in [2.45, 2.75) is 40.0 Å². The van der Waals surface area contributed by atoms with Crippen LogP contribution in [0.15, 0.2) is 164 Å². The first-order chi connectivity index (χ1) is 24.3. The van der Waals surface area contributed by atoms with Crippen molar-refractivity contribution in [3.05, 3.63) is 192 Å². The van der Waals surface area contributed by atoms with Gasteiger partial charge in [0.1, 0.15) is 0 Å². The van der Waals surface area contributed by atoms with E-state index in [0.29, 0.717) is 0 Å². The van der Waals surface area contributed by atoms with Crippen molar-refractivity contribution in [1.29, 1.82) is 0 Å². The summed E-state index contributed by atoms with van der Waals surface area (Å²) in [6.45, 7) is 11.1. The molecular formula is C48H42N2. The molecule has 0 saturated carbocycles. The van der Waals surface area contributed by atoms with Crippen molar-refractivity contribution in [2.24, 2.45) is 0 Å². The van der Waals surface area contributed by atoms with Gasteiger partial charge in [-0.1, -0.05) is 110 Å². The van der Waals surface area contributed by atoms with Crippen LogP contribution < -0.4 is 9.80 Å². The summed E-state index contributed by atoms with van der Waals surface area (Å²) in [5, 5.41) is 0. The van der Waals surface area contributed by atoms with Gasteiger partial charge in [-0.2, -0.15) is 0 Å². The number of aryl methyl sites for hydroxylation is 3. The standard InChI is InChI=1S/C48H42N2/c1-33-16-22-38(23-17-33)49(43-28-29-47-45(32-43)44-14-6-7-15-46(44)48(47,4)5)39-24-18-36(19-25-39)37-20-26-40(27-21-37)50(41-12-8-10-34(2)30-41)42-13-9-11-35(3)31-42/h6-32H,1-5H3. The minimum Gasteiger partial charge on any atom is -0.310 e. The highest BCUT2D eigenvalue weighted by Crippen LogP contribution is 2.50. The first kappa shape index (κ1) is 31.4. The highest BCUT2D eigenvalue weighted by atomic mass is 15.1. The third-order valence-electron chi connectivity index (χ3n) is 10.2. The fourth-order valence-electron chi connectivity index (χ4n) is 7.58. The monoisotopic (exact) mass is 646 g/mol. The van der Waals surface area contributed by atoms with Gasteiger partial charge >= 0.3 is 0 Å². The van der Waals surface area contributed by atoms with Gasteiger partial charge in [0.05, 0.1) is 0 Å². The Morgan fingerprint density at radius 2 is 0.780 bits per heavy atom. The molecule has 8 rings (SSSR count). The molecule has 0 radical (unpaired) electrons. The summed E-state index contributed by atoms with van der Waals surface area (Å²) in [6.07, 6.45) is 0. The second kappa shape index (κ2) is 12.5. The maximum absolute atomic E-state index is 2.38. The molecule has 2 nitrogen and oxygen atoms in total. The Hall–Kier alpha value is -5.86. The summed E-state index contributed by atoms with van der Waals surface area (Å²) in [7, 11) is 0. The Bertz CT molecular complexity index is 2270. The van der Waals surface area contributed by atoms with E-state index in [1.54, 1.807) is 0 Å². The lowest BCUT2D eigenvalue weighted by molar-refractivity contribution is 0.660. The van der Waals surface area contributed by atoms with Gasteiger partial charge in [0.15, 0.2) is 0 Å². The lowest BCUT2D eigenvalue weighted by atomic mass is 9.82. The molecule has 0 aliphatic heterocycles. The van der Waals surface area contributed by atoms with Crippen molar-refractivity contribution >= 4 is 34.1 Å². The van der Waals surface area contributed by atoms with E-state index < -0.39 is 0 Å². The average Bonchev–Trinajstić information content (AvgIpc) is 3.36. The molecule has 0 N–H and O–H groups in total. The predicted molar refractivity (Wildman–Crippen MR) is 213 cm³/mol. The van der Waals surface area contributed by atoms with Crippen LogP contribution in [0.1, 0.15) is 41.7 Å². The first-order valence-electron chi connectivity index (χ1n) is 17.5. The molecule has 50 heavy (non-hydrogen) atoms. The third-order valence-corrected chi connectivity index (χ3v) is 10.2. The maximum atomic E-state index is 2.38. The molecule has 0 aromatic heterocycles. The largest absolute Gasteiger partial charge is 0.310 e. The Kier molecular flexibility index (Phi) is 7.88. The number of rotatable bonds is 7. The molecule has 7 aromatic carbocycles. The van der Waals surface area contributed by atoms with Crippen molar-refractivity contribution in [3.63, 3.8) is 0 Å². The van der Waals surface area contributed by atoms with E-state index in [2.05, 4.69) is 208 Å². The number of anilines is 6. The van der Waals surface area contributed by atoms with Crippen LogP contribution in [0.3, 0.4) is 0 Å². The summed E-state index contributed by atoms with van der Waals surface area (Å²) in [5.41, 5.74) is 18.4. The molecule has 0 spiro atoms. The topological polar surface area (TPSA) is 6.48 Å². The zero-order chi connectivity index (χ0) is 34.4. The molecule has 0 unspecified atom stereocenters. The Morgan fingerprint density at radius 1 is 0.340 bits per heavy atom. The van der Waals surface area contributed by atoms with Gasteiger partial charge in [-0.3, -0.25) is 0 Å². The third kappa shape index (κ3) is 5.67. The summed E-state index contributed by atoms with van der Waals surface area (Å²) >= 11 is 0. The minimum absolute atomic E-state index is 0.0204. The van der Waals surface area contributed by atoms with Crippen molar-refractivity contribution in [1.82, 2.24) is 0 Å². The van der Waals surface area contributed by atoms with Gasteiger partial charge < -0.3 is 9.80 Å². The number of nitrogens with zero attached hydrogens (tertiary/aromatic N) is 2. The Labute approximate surface area is 296 Å². The second-order valence-electron chi connectivity index (χ2n) is 14.2. The van der Waals surface area contributed by atoms with Crippen molar-refractivity contribution in [3.8, 4) is 22.3 Å². The predicted octanol–water partition coefficient (Wildman–Crippen LogP) is 13.5. The van der Waals surface area contributed by atoms with Crippen LogP contribution in [0.2, 0.25) is 0 Å². The summed E-state index contributed by atoms with van der Waals surface area (Å²) < 4.78 is 0. The van der Waals surface area contributed by atoms with Crippen molar-refractivity contribution < 1.29 is 0 Å². The zero-order valence-electron chi connectivity index (χ0n) is 29.5. The minimum atomic E-state index is -0.0204. The van der Waals surface area contributed by atoms with Gasteiger partial charge in [-0.05, 0) is 138 Å². The molecule has 0 fully saturated rings. The van der Waals surface area contributed by atoms with E-state index in [-0.39, 0.29) is 5.41 Å². The zero-order valence-corrected chi connectivity index (χ0v) is 29.5. The molecule has 2 heteroatoms. The number of hydrogen-bond acceptors (Lipinski definition) is 2. The molecule has 1 aliphatic carbocycles. The first-order valence-corrected chi connectivity index (χ1v) is 17.5. The van der Waals surface area contributed by atoms with Gasteiger partial charge in [0.2, 0.25) is 0 Å². The lowest BCUT2D eigenvalue weighted by Crippen LogP contribution is -2.15. The van der Waals surface area contributed by atoms with E-state index >= 15 is 0 Å².